The average Bonchev–Trinajstić information content (AvgIpc) is 2.18. The van der Waals surface area contributed by atoms with Crippen molar-refractivity contribution in [3.05, 3.63) is 11.6 Å². The van der Waals surface area contributed by atoms with E-state index in [1.54, 1.807) is 6.92 Å². The zero-order valence-corrected chi connectivity index (χ0v) is 10.1. The number of hydrogen-bond acceptors (Lipinski definition) is 2. The van der Waals surface area contributed by atoms with Crippen molar-refractivity contribution in [2.45, 2.75) is 39.2 Å². The first kappa shape index (κ1) is 14.5. The molecular formula is C11H20ClNO2. The third-order valence-electron chi connectivity index (χ3n) is 2.37. The molecule has 0 fully saturated rings. The lowest BCUT2D eigenvalue weighted by atomic mass is 10.0. The minimum atomic E-state index is -0.708. The Morgan fingerprint density at radius 1 is 1.47 bits per heavy atom. The third-order valence-corrected chi connectivity index (χ3v) is 2.55. The highest BCUT2D eigenvalue weighted by Gasteiger charge is 2.10. The van der Waals surface area contributed by atoms with Crippen LogP contribution in [0.3, 0.4) is 0 Å². The lowest BCUT2D eigenvalue weighted by Crippen LogP contribution is -2.26. The summed E-state index contributed by atoms with van der Waals surface area (Å²) in [7, 11) is 0. The first-order valence-electron chi connectivity index (χ1n) is 5.29. The molecule has 0 radical (unpaired) electrons. The van der Waals surface area contributed by atoms with Gasteiger partial charge in [0.2, 0.25) is 0 Å². The molecule has 0 heterocycles. The van der Waals surface area contributed by atoms with Crippen LogP contribution in [0.4, 0.5) is 0 Å². The van der Waals surface area contributed by atoms with Gasteiger partial charge >= 0.3 is 5.97 Å². The topological polar surface area (TPSA) is 49.3 Å². The van der Waals surface area contributed by atoms with Crippen LogP contribution in [0, 0.1) is 5.92 Å². The molecule has 0 spiro atoms. The summed E-state index contributed by atoms with van der Waals surface area (Å²) in [4.78, 5) is 10.5. The molecule has 0 aromatic carbocycles. The van der Waals surface area contributed by atoms with Crippen molar-refractivity contribution in [3.63, 3.8) is 0 Å². The maximum atomic E-state index is 10.5. The Morgan fingerprint density at radius 3 is 2.67 bits per heavy atom. The van der Waals surface area contributed by atoms with Gasteiger partial charge in [-0.3, -0.25) is 4.79 Å². The maximum absolute atomic E-state index is 10.5. The Hall–Kier alpha value is -0.540. The van der Waals surface area contributed by atoms with Crippen molar-refractivity contribution in [3.8, 4) is 0 Å². The molecule has 0 aliphatic heterocycles. The van der Waals surface area contributed by atoms with Crippen LogP contribution in [-0.4, -0.2) is 23.7 Å². The highest BCUT2D eigenvalue weighted by Crippen LogP contribution is 2.09. The lowest BCUT2D eigenvalue weighted by molar-refractivity contribution is -0.141. The third kappa shape index (κ3) is 8.45. The second kappa shape index (κ2) is 8.74. The van der Waals surface area contributed by atoms with E-state index >= 15 is 0 Å². The molecular weight excluding hydrogens is 214 g/mol. The normalized spacial score (nSPS) is 15.4. The molecule has 2 unspecified atom stereocenters. The molecule has 15 heavy (non-hydrogen) atoms. The molecule has 0 aliphatic carbocycles. The van der Waals surface area contributed by atoms with E-state index in [0.29, 0.717) is 6.04 Å². The minimum Gasteiger partial charge on any atom is -0.481 e. The van der Waals surface area contributed by atoms with E-state index in [2.05, 4.69) is 12.2 Å². The molecule has 0 saturated heterocycles. The summed E-state index contributed by atoms with van der Waals surface area (Å²) in [6, 6.07) is 0.402. The van der Waals surface area contributed by atoms with Gasteiger partial charge in [0.25, 0.3) is 0 Å². The summed E-state index contributed by atoms with van der Waals surface area (Å²) in [5, 5.41) is 11.9. The molecule has 2 N–H and O–H groups in total. The van der Waals surface area contributed by atoms with Gasteiger partial charge in [-0.2, -0.15) is 0 Å². The highest BCUT2D eigenvalue weighted by atomic mass is 35.5. The Kier molecular flexibility index (Phi) is 8.43. The number of rotatable bonds is 8. The molecule has 88 valence electrons. The van der Waals surface area contributed by atoms with E-state index in [9.17, 15) is 4.79 Å². The summed E-state index contributed by atoms with van der Waals surface area (Å²) in [6.45, 7) is 4.60. The van der Waals surface area contributed by atoms with Gasteiger partial charge in [-0.1, -0.05) is 31.0 Å². The van der Waals surface area contributed by atoms with E-state index in [1.807, 2.05) is 6.08 Å². The Labute approximate surface area is 96.5 Å². The summed E-state index contributed by atoms with van der Waals surface area (Å²) in [5.41, 5.74) is 1.49. The molecule has 0 bridgehead atoms. The Morgan fingerprint density at radius 2 is 2.13 bits per heavy atom. The number of hydrogen-bond donors (Lipinski definition) is 2. The number of nitrogens with one attached hydrogen (secondary N) is 1. The predicted octanol–water partition coefficient (Wildman–Crippen LogP) is 2.61. The second-order valence-corrected chi connectivity index (χ2v) is 4.09. The number of carboxylic acid groups (broad SMARTS) is 1. The Balaban J connectivity index is 3.46. The van der Waals surface area contributed by atoms with Gasteiger partial charge in [0.05, 0.1) is 5.92 Å². The van der Waals surface area contributed by atoms with E-state index in [1.165, 1.54) is 5.54 Å². The van der Waals surface area contributed by atoms with Crippen molar-refractivity contribution < 1.29 is 9.90 Å². The zero-order chi connectivity index (χ0) is 11.7. The number of carboxylic acids is 1. The van der Waals surface area contributed by atoms with Gasteiger partial charge in [-0.05, 0) is 19.8 Å². The first-order chi connectivity index (χ1) is 7.07. The number of carbonyl (C=O) groups is 1. The summed E-state index contributed by atoms with van der Waals surface area (Å²) in [6.07, 6.45) is 4.52. The van der Waals surface area contributed by atoms with Gasteiger partial charge in [0, 0.05) is 18.1 Å². The van der Waals surface area contributed by atoms with Crippen LogP contribution in [0.25, 0.3) is 0 Å². The molecule has 0 aliphatic rings. The fraction of sp³-hybridized carbons (Fsp3) is 0.727. The van der Waals surface area contributed by atoms with Crippen LogP contribution in [0.2, 0.25) is 0 Å². The van der Waals surface area contributed by atoms with E-state index in [0.717, 1.165) is 25.8 Å². The Bertz CT molecular complexity index is 207. The zero-order valence-electron chi connectivity index (χ0n) is 9.37. The second-order valence-electron chi connectivity index (χ2n) is 3.84. The molecule has 0 saturated carbocycles. The molecule has 3 nitrogen and oxygen atoms in total. The summed E-state index contributed by atoms with van der Waals surface area (Å²) >= 11 is 5.38. The van der Waals surface area contributed by atoms with Crippen LogP contribution in [-0.2, 0) is 4.79 Å². The monoisotopic (exact) mass is 233 g/mol. The molecule has 0 rings (SSSR count). The summed E-state index contributed by atoms with van der Waals surface area (Å²) in [5.74, 6) is -0.944. The standard InChI is InChI=1S/C11H20ClNO2/c1-9(11(14)15)5-3-6-10(2)13-8-4-7-12/h4,7,9-10,13H,3,5-6,8H2,1-2H3,(H,14,15). The molecule has 0 amide bonds. The van der Waals surface area contributed by atoms with E-state index < -0.39 is 5.97 Å². The fourth-order valence-corrected chi connectivity index (χ4v) is 1.36. The predicted molar refractivity (Wildman–Crippen MR) is 63.1 cm³/mol. The average molecular weight is 234 g/mol. The minimum absolute atomic E-state index is 0.236. The lowest BCUT2D eigenvalue weighted by Gasteiger charge is -2.12. The van der Waals surface area contributed by atoms with Crippen LogP contribution >= 0.6 is 11.6 Å². The van der Waals surface area contributed by atoms with Gasteiger partial charge in [-0.15, -0.1) is 0 Å². The van der Waals surface area contributed by atoms with Crippen LogP contribution in [0.1, 0.15) is 33.1 Å². The molecule has 0 aromatic rings. The van der Waals surface area contributed by atoms with Gasteiger partial charge < -0.3 is 10.4 Å². The van der Waals surface area contributed by atoms with Crippen molar-refractivity contribution >= 4 is 17.6 Å². The molecule has 4 heteroatoms. The fourth-order valence-electron chi connectivity index (χ4n) is 1.27. The first-order valence-corrected chi connectivity index (χ1v) is 5.73. The van der Waals surface area contributed by atoms with Crippen molar-refractivity contribution in [2.75, 3.05) is 6.54 Å². The van der Waals surface area contributed by atoms with E-state index in [-0.39, 0.29) is 5.92 Å². The van der Waals surface area contributed by atoms with Crippen LogP contribution in [0.15, 0.2) is 11.6 Å². The summed E-state index contributed by atoms with van der Waals surface area (Å²) < 4.78 is 0. The van der Waals surface area contributed by atoms with Crippen molar-refractivity contribution in [1.29, 1.82) is 0 Å². The maximum Gasteiger partial charge on any atom is 0.306 e. The largest absolute Gasteiger partial charge is 0.481 e. The number of aliphatic carboxylic acids is 1. The van der Waals surface area contributed by atoms with E-state index in [4.69, 9.17) is 16.7 Å². The quantitative estimate of drug-likeness (QED) is 0.678. The molecule has 0 aromatic heterocycles. The van der Waals surface area contributed by atoms with Gasteiger partial charge in [-0.25, -0.2) is 0 Å². The number of halogens is 1. The van der Waals surface area contributed by atoms with Crippen molar-refractivity contribution in [2.24, 2.45) is 5.92 Å². The van der Waals surface area contributed by atoms with Gasteiger partial charge in [0.15, 0.2) is 0 Å². The molecule has 2 atom stereocenters. The smallest absolute Gasteiger partial charge is 0.306 e. The highest BCUT2D eigenvalue weighted by molar-refractivity contribution is 6.25. The van der Waals surface area contributed by atoms with Crippen molar-refractivity contribution in [1.82, 2.24) is 5.32 Å². The van der Waals surface area contributed by atoms with Crippen LogP contribution < -0.4 is 5.32 Å². The van der Waals surface area contributed by atoms with Crippen LogP contribution in [0.5, 0.6) is 0 Å². The van der Waals surface area contributed by atoms with Gasteiger partial charge in [0.1, 0.15) is 0 Å². The SMILES string of the molecule is CC(CCCC(C)C(=O)O)NCC=CCl.